The van der Waals surface area contributed by atoms with E-state index in [0.29, 0.717) is 13.1 Å². The second-order valence-electron chi connectivity index (χ2n) is 6.51. The molecule has 0 aromatic carbocycles. The summed E-state index contributed by atoms with van der Waals surface area (Å²) in [5.74, 6) is -1.09. The molecule has 0 aromatic rings. The Morgan fingerprint density at radius 1 is 1.21 bits per heavy atom. The summed E-state index contributed by atoms with van der Waals surface area (Å²) in [7, 11) is 0. The zero-order valence-electron chi connectivity index (χ0n) is 12.4. The molecule has 0 aromatic heterocycles. The van der Waals surface area contributed by atoms with Crippen LogP contribution in [0.5, 0.6) is 0 Å². The average molecular weight is 270 g/mol. The second kappa shape index (κ2) is 6.26. The van der Waals surface area contributed by atoms with E-state index in [9.17, 15) is 9.59 Å². The fourth-order valence-corrected chi connectivity index (χ4v) is 2.36. The van der Waals surface area contributed by atoms with Crippen molar-refractivity contribution < 1.29 is 14.7 Å². The molecule has 1 aliphatic rings. The number of carboxylic acid groups (broad SMARTS) is 1. The number of rotatable bonds is 3. The number of carboxylic acids is 1. The standard InChI is InChI=1S/C14H26N2O3/c1-10(2)11(12(17)18)15-13(19)16-8-5-6-14(3,4)7-9-16/h10-11H,5-9H2,1-4H3,(H,15,19)(H,17,18). The van der Waals surface area contributed by atoms with E-state index in [0.717, 1.165) is 19.3 Å². The number of carbonyl (C=O) groups excluding carboxylic acids is 1. The average Bonchev–Trinajstić information content (AvgIpc) is 2.46. The molecule has 1 saturated heterocycles. The number of carbonyl (C=O) groups is 2. The summed E-state index contributed by atoms with van der Waals surface area (Å²) in [5.41, 5.74) is 0.263. The molecular weight excluding hydrogens is 244 g/mol. The Balaban J connectivity index is 2.60. The highest BCUT2D eigenvalue weighted by molar-refractivity contribution is 5.82. The normalized spacial score (nSPS) is 20.8. The largest absolute Gasteiger partial charge is 0.480 e. The second-order valence-corrected chi connectivity index (χ2v) is 6.51. The molecule has 19 heavy (non-hydrogen) atoms. The van der Waals surface area contributed by atoms with Crippen molar-refractivity contribution in [3.63, 3.8) is 0 Å². The minimum Gasteiger partial charge on any atom is -0.480 e. The van der Waals surface area contributed by atoms with E-state index in [4.69, 9.17) is 5.11 Å². The first-order valence-corrected chi connectivity index (χ1v) is 7.01. The SMILES string of the molecule is CC(C)C(NC(=O)N1CCCC(C)(C)CC1)C(=O)O. The van der Waals surface area contributed by atoms with Crippen molar-refractivity contribution in [2.24, 2.45) is 11.3 Å². The highest BCUT2D eigenvalue weighted by Crippen LogP contribution is 2.29. The first kappa shape index (κ1) is 15.8. The summed E-state index contributed by atoms with van der Waals surface area (Å²) in [6, 6.07) is -1.07. The maximum Gasteiger partial charge on any atom is 0.326 e. The summed E-state index contributed by atoms with van der Waals surface area (Å²) >= 11 is 0. The number of amides is 2. The van der Waals surface area contributed by atoms with Gasteiger partial charge in [-0.05, 0) is 30.6 Å². The fraction of sp³-hybridized carbons (Fsp3) is 0.857. The van der Waals surface area contributed by atoms with Crippen LogP contribution in [0, 0.1) is 11.3 Å². The van der Waals surface area contributed by atoms with Crippen molar-refractivity contribution in [3.05, 3.63) is 0 Å². The van der Waals surface area contributed by atoms with Crippen LogP contribution in [0.2, 0.25) is 0 Å². The quantitative estimate of drug-likeness (QED) is 0.827. The van der Waals surface area contributed by atoms with Crippen molar-refractivity contribution in [2.45, 2.75) is 53.0 Å². The molecule has 1 unspecified atom stereocenters. The first-order valence-electron chi connectivity index (χ1n) is 7.01. The van der Waals surface area contributed by atoms with Crippen molar-refractivity contribution in [1.29, 1.82) is 0 Å². The minimum absolute atomic E-state index is 0.120. The highest BCUT2D eigenvalue weighted by Gasteiger charge is 2.29. The third kappa shape index (κ3) is 4.73. The molecular formula is C14H26N2O3. The van der Waals surface area contributed by atoms with E-state index in [-0.39, 0.29) is 17.4 Å². The van der Waals surface area contributed by atoms with Gasteiger partial charge in [0.2, 0.25) is 0 Å². The molecule has 0 radical (unpaired) electrons. The van der Waals surface area contributed by atoms with Crippen molar-refractivity contribution in [1.82, 2.24) is 10.2 Å². The predicted octanol–water partition coefficient (Wildman–Crippen LogP) is 2.32. The number of likely N-dealkylation sites (tertiary alicyclic amines) is 1. The molecule has 2 N–H and O–H groups in total. The Hall–Kier alpha value is -1.26. The van der Waals surface area contributed by atoms with Gasteiger partial charge in [-0.3, -0.25) is 0 Å². The van der Waals surface area contributed by atoms with Gasteiger partial charge in [-0.1, -0.05) is 27.7 Å². The highest BCUT2D eigenvalue weighted by atomic mass is 16.4. The molecule has 1 atom stereocenters. The van der Waals surface area contributed by atoms with Crippen molar-refractivity contribution >= 4 is 12.0 Å². The van der Waals surface area contributed by atoms with Gasteiger partial charge in [-0.2, -0.15) is 0 Å². The summed E-state index contributed by atoms with van der Waals surface area (Å²) in [6.45, 7) is 9.42. The van der Waals surface area contributed by atoms with Crippen LogP contribution in [0.4, 0.5) is 4.79 Å². The van der Waals surface area contributed by atoms with Gasteiger partial charge in [0.05, 0.1) is 0 Å². The van der Waals surface area contributed by atoms with Gasteiger partial charge >= 0.3 is 12.0 Å². The summed E-state index contributed by atoms with van der Waals surface area (Å²) < 4.78 is 0. The molecule has 2 amide bonds. The zero-order chi connectivity index (χ0) is 14.6. The topological polar surface area (TPSA) is 69.6 Å². The van der Waals surface area contributed by atoms with Crippen LogP contribution in [-0.4, -0.2) is 41.1 Å². The minimum atomic E-state index is -0.974. The molecule has 5 nitrogen and oxygen atoms in total. The summed E-state index contributed by atoms with van der Waals surface area (Å²) in [6.07, 6.45) is 3.03. The van der Waals surface area contributed by atoms with E-state index in [1.54, 1.807) is 18.7 Å². The van der Waals surface area contributed by atoms with Gasteiger partial charge in [0.25, 0.3) is 0 Å². The molecule has 110 valence electrons. The van der Waals surface area contributed by atoms with Crippen LogP contribution in [0.25, 0.3) is 0 Å². The van der Waals surface area contributed by atoms with Gasteiger partial charge < -0.3 is 15.3 Å². The molecule has 0 bridgehead atoms. The Bertz CT molecular complexity index is 340. The van der Waals surface area contributed by atoms with Crippen molar-refractivity contribution in [2.75, 3.05) is 13.1 Å². The summed E-state index contributed by atoms with van der Waals surface area (Å²) in [5, 5.41) is 11.7. The molecule has 1 heterocycles. The van der Waals surface area contributed by atoms with Crippen LogP contribution in [0.15, 0.2) is 0 Å². The number of urea groups is 1. The van der Waals surface area contributed by atoms with E-state index >= 15 is 0 Å². The van der Waals surface area contributed by atoms with Crippen LogP contribution in [0.1, 0.15) is 47.0 Å². The Morgan fingerprint density at radius 2 is 1.84 bits per heavy atom. The molecule has 1 fully saturated rings. The zero-order valence-corrected chi connectivity index (χ0v) is 12.4. The number of aliphatic carboxylic acids is 1. The lowest BCUT2D eigenvalue weighted by molar-refractivity contribution is -0.140. The maximum atomic E-state index is 12.1. The number of hydrogen-bond acceptors (Lipinski definition) is 2. The molecule has 0 saturated carbocycles. The molecule has 0 spiro atoms. The van der Waals surface area contributed by atoms with E-state index in [2.05, 4.69) is 19.2 Å². The maximum absolute atomic E-state index is 12.1. The number of hydrogen-bond donors (Lipinski definition) is 2. The van der Waals surface area contributed by atoms with Gasteiger partial charge in [-0.25, -0.2) is 9.59 Å². The Labute approximate surface area is 115 Å². The first-order chi connectivity index (χ1) is 8.73. The van der Waals surface area contributed by atoms with Gasteiger partial charge in [-0.15, -0.1) is 0 Å². The Kier molecular flexibility index (Phi) is 5.20. The lowest BCUT2D eigenvalue weighted by Crippen LogP contribution is -2.50. The van der Waals surface area contributed by atoms with E-state index < -0.39 is 12.0 Å². The van der Waals surface area contributed by atoms with Gasteiger partial charge in [0.15, 0.2) is 0 Å². The smallest absolute Gasteiger partial charge is 0.326 e. The predicted molar refractivity (Wildman–Crippen MR) is 74.0 cm³/mol. The third-order valence-corrected chi connectivity index (χ3v) is 3.84. The van der Waals surface area contributed by atoms with Gasteiger partial charge in [0, 0.05) is 13.1 Å². The Morgan fingerprint density at radius 3 is 2.37 bits per heavy atom. The van der Waals surface area contributed by atoms with Crippen LogP contribution >= 0.6 is 0 Å². The van der Waals surface area contributed by atoms with Crippen LogP contribution < -0.4 is 5.32 Å². The number of nitrogens with zero attached hydrogens (tertiary/aromatic N) is 1. The van der Waals surface area contributed by atoms with E-state index in [1.165, 1.54) is 0 Å². The molecule has 1 aliphatic heterocycles. The molecule has 5 heteroatoms. The van der Waals surface area contributed by atoms with Crippen LogP contribution in [-0.2, 0) is 4.79 Å². The fourth-order valence-electron chi connectivity index (χ4n) is 2.36. The van der Waals surface area contributed by atoms with Crippen LogP contribution in [0.3, 0.4) is 0 Å². The number of nitrogens with one attached hydrogen (secondary N) is 1. The van der Waals surface area contributed by atoms with Crippen molar-refractivity contribution in [3.8, 4) is 0 Å². The lowest BCUT2D eigenvalue weighted by atomic mass is 9.85. The molecule has 0 aliphatic carbocycles. The molecule has 1 rings (SSSR count). The third-order valence-electron chi connectivity index (χ3n) is 3.84. The summed E-state index contributed by atoms with van der Waals surface area (Å²) in [4.78, 5) is 25.0. The van der Waals surface area contributed by atoms with Gasteiger partial charge in [0.1, 0.15) is 6.04 Å². The lowest BCUT2D eigenvalue weighted by Gasteiger charge is -2.26. The van der Waals surface area contributed by atoms with E-state index in [1.807, 2.05) is 0 Å². The monoisotopic (exact) mass is 270 g/mol.